The van der Waals surface area contributed by atoms with Crippen LogP contribution in [-0.2, 0) is 0 Å². The third-order valence-corrected chi connectivity index (χ3v) is 4.32. The summed E-state index contributed by atoms with van der Waals surface area (Å²) in [5.74, 6) is 0. The van der Waals surface area contributed by atoms with Gasteiger partial charge in [0, 0.05) is 18.6 Å². The van der Waals surface area contributed by atoms with Gasteiger partial charge >= 0.3 is 0 Å². The number of rotatable bonds is 7. The number of nitrogens with zero attached hydrogens (tertiary/aromatic N) is 1. The summed E-state index contributed by atoms with van der Waals surface area (Å²) in [4.78, 5) is 2.47. The van der Waals surface area contributed by atoms with Crippen molar-refractivity contribution in [2.75, 3.05) is 26.2 Å². The molecule has 0 saturated carbocycles. The van der Waals surface area contributed by atoms with Gasteiger partial charge in [-0.2, -0.15) is 0 Å². The molecule has 20 heavy (non-hydrogen) atoms. The highest BCUT2D eigenvalue weighted by Gasteiger charge is 2.22. The van der Waals surface area contributed by atoms with E-state index in [0.717, 1.165) is 32.5 Å². The molecule has 112 valence electrons. The van der Waals surface area contributed by atoms with Gasteiger partial charge in [0.25, 0.3) is 0 Å². The predicted octanol–water partition coefficient (Wildman–Crippen LogP) is 2.57. The van der Waals surface area contributed by atoms with E-state index in [1.807, 2.05) is 0 Å². The molecule has 1 heterocycles. The van der Waals surface area contributed by atoms with Crippen molar-refractivity contribution in [3.8, 4) is 0 Å². The van der Waals surface area contributed by atoms with E-state index >= 15 is 0 Å². The molecule has 0 aliphatic carbocycles. The van der Waals surface area contributed by atoms with E-state index in [1.165, 1.54) is 18.4 Å². The summed E-state index contributed by atoms with van der Waals surface area (Å²) < 4.78 is 0. The lowest BCUT2D eigenvalue weighted by Crippen LogP contribution is -2.43. The molecule has 1 aliphatic rings. The van der Waals surface area contributed by atoms with Gasteiger partial charge in [-0.25, -0.2) is 0 Å². The van der Waals surface area contributed by atoms with E-state index in [-0.39, 0.29) is 0 Å². The van der Waals surface area contributed by atoms with Crippen LogP contribution in [0.3, 0.4) is 0 Å². The molecule has 2 rings (SSSR count). The van der Waals surface area contributed by atoms with Gasteiger partial charge < -0.3 is 10.4 Å². The van der Waals surface area contributed by atoms with E-state index < -0.39 is 0 Å². The summed E-state index contributed by atoms with van der Waals surface area (Å²) >= 11 is 0. The molecular weight excluding hydrogens is 248 g/mol. The lowest BCUT2D eigenvalue weighted by molar-refractivity contribution is 0.0865. The molecule has 1 fully saturated rings. The van der Waals surface area contributed by atoms with Crippen LogP contribution in [0.25, 0.3) is 0 Å². The average Bonchev–Trinajstić information content (AvgIpc) is 2.52. The fraction of sp³-hybridized carbons (Fsp3) is 0.647. The lowest BCUT2D eigenvalue weighted by Gasteiger charge is -2.35. The quantitative estimate of drug-likeness (QED) is 0.803. The minimum absolute atomic E-state index is 0.303. The summed E-state index contributed by atoms with van der Waals surface area (Å²) in [7, 11) is 0. The third-order valence-electron chi connectivity index (χ3n) is 4.32. The summed E-state index contributed by atoms with van der Waals surface area (Å²) in [6.45, 7) is 5.66. The Bertz CT molecular complexity index is 369. The van der Waals surface area contributed by atoms with Gasteiger partial charge in [0.05, 0.1) is 6.61 Å². The Balaban J connectivity index is 1.91. The molecule has 2 atom stereocenters. The fourth-order valence-electron chi connectivity index (χ4n) is 3.17. The topological polar surface area (TPSA) is 35.5 Å². The summed E-state index contributed by atoms with van der Waals surface area (Å²) in [6, 6.07) is 11.5. The minimum atomic E-state index is 0.303. The van der Waals surface area contributed by atoms with E-state index in [2.05, 4.69) is 47.5 Å². The van der Waals surface area contributed by atoms with E-state index in [4.69, 9.17) is 0 Å². The first-order chi connectivity index (χ1) is 9.85. The van der Waals surface area contributed by atoms with Crippen LogP contribution >= 0.6 is 0 Å². The highest BCUT2D eigenvalue weighted by molar-refractivity contribution is 5.18. The van der Waals surface area contributed by atoms with E-state index in [0.29, 0.717) is 18.7 Å². The van der Waals surface area contributed by atoms with Crippen LogP contribution in [-0.4, -0.2) is 42.3 Å². The number of piperidine rings is 1. The number of aliphatic hydroxyl groups is 1. The molecule has 3 nitrogen and oxygen atoms in total. The van der Waals surface area contributed by atoms with Crippen LogP contribution in [0.2, 0.25) is 0 Å². The third kappa shape index (κ3) is 4.30. The molecule has 1 aromatic carbocycles. The van der Waals surface area contributed by atoms with Crippen molar-refractivity contribution in [1.82, 2.24) is 10.2 Å². The SMILES string of the molecule is CCNC(CCN1CCCCC1CO)c1ccccc1. The van der Waals surface area contributed by atoms with Crippen molar-refractivity contribution in [1.29, 1.82) is 0 Å². The molecular formula is C17H28N2O. The normalized spacial score (nSPS) is 21.8. The highest BCUT2D eigenvalue weighted by Crippen LogP contribution is 2.21. The summed E-state index contributed by atoms with van der Waals surface area (Å²) in [5.41, 5.74) is 1.37. The second-order valence-electron chi connectivity index (χ2n) is 5.68. The van der Waals surface area contributed by atoms with Crippen LogP contribution in [0.5, 0.6) is 0 Å². The Labute approximate surface area is 123 Å². The summed E-state index contributed by atoms with van der Waals surface area (Å²) in [6.07, 6.45) is 4.78. The molecule has 1 saturated heterocycles. The predicted molar refractivity (Wildman–Crippen MR) is 83.8 cm³/mol. The van der Waals surface area contributed by atoms with Gasteiger partial charge in [0.1, 0.15) is 0 Å². The Kier molecular flexibility index (Phi) is 6.51. The Morgan fingerprint density at radius 1 is 1.30 bits per heavy atom. The zero-order chi connectivity index (χ0) is 14.2. The average molecular weight is 276 g/mol. The maximum absolute atomic E-state index is 9.49. The van der Waals surface area contributed by atoms with Crippen LogP contribution < -0.4 is 5.32 Å². The first kappa shape index (κ1) is 15.5. The van der Waals surface area contributed by atoms with Gasteiger partial charge in [-0.1, -0.05) is 43.7 Å². The lowest BCUT2D eigenvalue weighted by atomic mass is 9.99. The molecule has 0 aromatic heterocycles. The first-order valence-electron chi connectivity index (χ1n) is 7.98. The maximum atomic E-state index is 9.49. The van der Waals surface area contributed by atoms with Crippen LogP contribution in [0.4, 0.5) is 0 Å². The maximum Gasteiger partial charge on any atom is 0.0586 e. The van der Waals surface area contributed by atoms with Crippen molar-refractivity contribution in [3.05, 3.63) is 35.9 Å². The smallest absolute Gasteiger partial charge is 0.0586 e. The fourth-order valence-corrected chi connectivity index (χ4v) is 3.17. The molecule has 3 heteroatoms. The number of benzene rings is 1. The zero-order valence-electron chi connectivity index (χ0n) is 12.6. The Morgan fingerprint density at radius 2 is 2.10 bits per heavy atom. The van der Waals surface area contributed by atoms with Gasteiger partial charge in [-0.15, -0.1) is 0 Å². The number of nitrogens with one attached hydrogen (secondary N) is 1. The van der Waals surface area contributed by atoms with Gasteiger partial charge in [0.15, 0.2) is 0 Å². The Morgan fingerprint density at radius 3 is 2.80 bits per heavy atom. The second-order valence-corrected chi connectivity index (χ2v) is 5.68. The number of hydrogen-bond acceptors (Lipinski definition) is 3. The second kappa shape index (κ2) is 8.40. The number of hydrogen-bond donors (Lipinski definition) is 2. The molecule has 1 aromatic rings. The van der Waals surface area contributed by atoms with E-state index in [9.17, 15) is 5.11 Å². The van der Waals surface area contributed by atoms with Crippen molar-refractivity contribution in [2.45, 2.75) is 44.7 Å². The molecule has 0 amide bonds. The Hall–Kier alpha value is -0.900. The molecule has 2 unspecified atom stereocenters. The van der Waals surface area contributed by atoms with Crippen molar-refractivity contribution < 1.29 is 5.11 Å². The van der Waals surface area contributed by atoms with Crippen LogP contribution in [0.1, 0.15) is 44.2 Å². The largest absolute Gasteiger partial charge is 0.395 e. The molecule has 2 N–H and O–H groups in total. The van der Waals surface area contributed by atoms with Gasteiger partial charge in [0.2, 0.25) is 0 Å². The van der Waals surface area contributed by atoms with Gasteiger partial charge in [-0.3, -0.25) is 4.90 Å². The first-order valence-corrected chi connectivity index (χ1v) is 7.98. The molecule has 1 aliphatic heterocycles. The minimum Gasteiger partial charge on any atom is -0.395 e. The zero-order valence-corrected chi connectivity index (χ0v) is 12.6. The molecule has 0 spiro atoms. The van der Waals surface area contributed by atoms with Crippen molar-refractivity contribution in [3.63, 3.8) is 0 Å². The summed E-state index contributed by atoms with van der Waals surface area (Å²) in [5, 5.41) is 13.1. The van der Waals surface area contributed by atoms with Crippen molar-refractivity contribution in [2.24, 2.45) is 0 Å². The monoisotopic (exact) mass is 276 g/mol. The van der Waals surface area contributed by atoms with E-state index in [1.54, 1.807) is 0 Å². The van der Waals surface area contributed by atoms with Gasteiger partial charge in [-0.05, 0) is 37.9 Å². The molecule has 0 bridgehead atoms. The van der Waals surface area contributed by atoms with Crippen LogP contribution in [0.15, 0.2) is 30.3 Å². The number of likely N-dealkylation sites (tertiary alicyclic amines) is 1. The van der Waals surface area contributed by atoms with Crippen molar-refractivity contribution >= 4 is 0 Å². The standard InChI is InChI=1S/C17H28N2O/c1-2-18-17(15-8-4-3-5-9-15)11-13-19-12-7-6-10-16(19)14-20/h3-5,8-9,16-18,20H,2,6-7,10-14H2,1H3. The highest BCUT2D eigenvalue weighted by atomic mass is 16.3. The molecule has 0 radical (unpaired) electrons. The van der Waals surface area contributed by atoms with Crippen LogP contribution in [0, 0.1) is 0 Å². The number of aliphatic hydroxyl groups excluding tert-OH is 1.